The molecule has 2 saturated heterocycles. The van der Waals surface area contributed by atoms with Gasteiger partial charge in [-0.3, -0.25) is 0 Å². The summed E-state index contributed by atoms with van der Waals surface area (Å²) in [5.41, 5.74) is 0. The number of aryl methyl sites for hydroxylation is 1. The quantitative estimate of drug-likeness (QED) is 0.820. The standard InChI is InChI=1S/C17H29N5O2S/c1-14-7-5-10-20(13-14)25(23,24)22-12-6-8-15(22)17-19-18-16-9-3-2-4-11-21(16)17/h14-15H,2-13H2,1H3/t14-,15-/m0/s1. The zero-order valence-corrected chi connectivity index (χ0v) is 15.9. The maximum Gasteiger partial charge on any atom is 0.282 e. The van der Waals surface area contributed by atoms with Crippen LogP contribution in [0.25, 0.3) is 0 Å². The van der Waals surface area contributed by atoms with Crippen LogP contribution in [0.4, 0.5) is 0 Å². The zero-order chi connectivity index (χ0) is 17.4. The van der Waals surface area contributed by atoms with Crippen molar-refractivity contribution in [3.63, 3.8) is 0 Å². The number of hydrogen-bond donors (Lipinski definition) is 0. The van der Waals surface area contributed by atoms with Gasteiger partial charge in [-0.2, -0.15) is 17.0 Å². The summed E-state index contributed by atoms with van der Waals surface area (Å²) in [4.78, 5) is 0. The van der Waals surface area contributed by atoms with E-state index in [0.29, 0.717) is 25.6 Å². The summed E-state index contributed by atoms with van der Waals surface area (Å²) in [5.74, 6) is 2.33. The van der Waals surface area contributed by atoms with Crippen molar-refractivity contribution in [1.29, 1.82) is 0 Å². The first-order valence-electron chi connectivity index (χ1n) is 9.76. The molecule has 0 amide bonds. The molecule has 4 heterocycles. The minimum absolute atomic E-state index is 0.151. The molecule has 0 spiro atoms. The predicted octanol–water partition coefficient (Wildman–Crippen LogP) is 2.12. The van der Waals surface area contributed by atoms with Gasteiger partial charge in [-0.05, 0) is 44.4 Å². The van der Waals surface area contributed by atoms with Crippen molar-refractivity contribution in [2.45, 2.75) is 70.9 Å². The van der Waals surface area contributed by atoms with Gasteiger partial charge in [-0.25, -0.2) is 0 Å². The Balaban J connectivity index is 1.61. The molecule has 0 unspecified atom stereocenters. The molecule has 7 nitrogen and oxygen atoms in total. The Bertz CT molecular complexity index is 717. The van der Waals surface area contributed by atoms with Gasteiger partial charge >= 0.3 is 0 Å². The van der Waals surface area contributed by atoms with Crippen LogP contribution in [0.15, 0.2) is 0 Å². The molecule has 0 aliphatic carbocycles. The van der Waals surface area contributed by atoms with Gasteiger partial charge in [0, 0.05) is 32.6 Å². The molecule has 0 N–H and O–H groups in total. The van der Waals surface area contributed by atoms with Crippen LogP contribution in [0.5, 0.6) is 0 Å². The number of aromatic nitrogens is 3. The second-order valence-electron chi connectivity index (χ2n) is 7.82. The average Bonchev–Trinajstić information content (AvgIpc) is 3.16. The predicted molar refractivity (Wildman–Crippen MR) is 95.1 cm³/mol. The Kier molecular flexibility index (Phi) is 4.85. The normalized spacial score (nSPS) is 29.5. The second kappa shape index (κ2) is 6.96. The van der Waals surface area contributed by atoms with E-state index in [4.69, 9.17) is 0 Å². The first-order valence-corrected chi connectivity index (χ1v) is 11.2. The van der Waals surface area contributed by atoms with Crippen molar-refractivity contribution in [3.05, 3.63) is 11.6 Å². The van der Waals surface area contributed by atoms with E-state index < -0.39 is 10.2 Å². The smallest absolute Gasteiger partial charge is 0.282 e. The molecule has 8 heteroatoms. The first kappa shape index (κ1) is 17.4. The number of nitrogens with zero attached hydrogens (tertiary/aromatic N) is 5. The molecule has 4 rings (SSSR count). The highest BCUT2D eigenvalue weighted by atomic mass is 32.2. The maximum absolute atomic E-state index is 13.3. The van der Waals surface area contributed by atoms with E-state index in [9.17, 15) is 8.42 Å². The molecule has 25 heavy (non-hydrogen) atoms. The number of piperidine rings is 1. The van der Waals surface area contributed by atoms with E-state index in [0.717, 1.165) is 63.1 Å². The molecule has 2 atom stereocenters. The highest BCUT2D eigenvalue weighted by Crippen LogP contribution is 2.36. The van der Waals surface area contributed by atoms with Crippen LogP contribution < -0.4 is 0 Å². The van der Waals surface area contributed by atoms with E-state index in [-0.39, 0.29) is 6.04 Å². The molecule has 3 aliphatic rings. The molecule has 1 aromatic rings. The monoisotopic (exact) mass is 367 g/mol. The summed E-state index contributed by atoms with van der Waals surface area (Å²) in [6, 6.07) is -0.151. The molecule has 0 saturated carbocycles. The summed E-state index contributed by atoms with van der Waals surface area (Å²) < 4.78 is 32.1. The van der Waals surface area contributed by atoms with Gasteiger partial charge in [-0.1, -0.05) is 13.3 Å². The van der Waals surface area contributed by atoms with E-state index in [1.54, 1.807) is 8.61 Å². The highest BCUT2D eigenvalue weighted by Gasteiger charge is 2.42. The van der Waals surface area contributed by atoms with Gasteiger partial charge < -0.3 is 4.57 Å². The Labute approximate surface area is 150 Å². The summed E-state index contributed by atoms with van der Waals surface area (Å²) in [6.07, 6.45) is 8.26. The molecule has 1 aromatic heterocycles. The van der Waals surface area contributed by atoms with Gasteiger partial charge in [0.05, 0.1) is 6.04 Å². The minimum atomic E-state index is -3.42. The van der Waals surface area contributed by atoms with Gasteiger partial charge in [0.1, 0.15) is 5.82 Å². The Morgan fingerprint density at radius 2 is 1.80 bits per heavy atom. The Morgan fingerprint density at radius 3 is 2.64 bits per heavy atom. The van der Waals surface area contributed by atoms with Crippen molar-refractivity contribution < 1.29 is 8.42 Å². The second-order valence-corrected chi connectivity index (χ2v) is 9.70. The topological polar surface area (TPSA) is 71.3 Å². The Hall–Kier alpha value is -0.990. The summed E-state index contributed by atoms with van der Waals surface area (Å²) in [7, 11) is -3.42. The van der Waals surface area contributed by atoms with Crippen molar-refractivity contribution in [1.82, 2.24) is 23.4 Å². The summed E-state index contributed by atoms with van der Waals surface area (Å²) >= 11 is 0. The molecule has 0 bridgehead atoms. The van der Waals surface area contributed by atoms with E-state index in [2.05, 4.69) is 21.7 Å². The fourth-order valence-electron chi connectivity index (χ4n) is 4.53. The van der Waals surface area contributed by atoms with Gasteiger partial charge in [0.25, 0.3) is 10.2 Å². The molecule has 2 fully saturated rings. The minimum Gasteiger partial charge on any atom is -0.314 e. The Morgan fingerprint density at radius 1 is 0.960 bits per heavy atom. The van der Waals surface area contributed by atoms with Crippen LogP contribution in [0, 0.1) is 5.92 Å². The molecular formula is C17H29N5O2S. The lowest BCUT2D eigenvalue weighted by Crippen LogP contribution is -2.47. The zero-order valence-electron chi connectivity index (χ0n) is 15.1. The van der Waals surface area contributed by atoms with Crippen molar-refractivity contribution >= 4 is 10.2 Å². The number of fused-ring (bicyclic) bond motifs is 1. The lowest BCUT2D eigenvalue weighted by molar-refractivity contribution is 0.251. The molecule has 0 radical (unpaired) electrons. The van der Waals surface area contributed by atoms with Crippen LogP contribution in [-0.2, 0) is 23.2 Å². The van der Waals surface area contributed by atoms with Gasteiger partial charge in [0.2, 0.25) is 0 Å². The largest absolute Gasteiger partial charge is 0.314 e. The van der Waals surface area contributed by atoms with Crippen LogP contribution >= 0.6 is 0 Å². The number of hydrogen-bond acceptors (Lipinski definition) is 4. The number of rotatable bonds is 3. The van der Waals surface area contributed by atoms with Crippen molar-refractivity contribution in [3.8, 4) is 0 Å². The fraction of sp³-hybridized carbons (Fsp3) is 0.882. The lowest BCUT2D eigenvalue weighted by atomic mass is 10.0. The summed E-state index contributed by atoms with van der Waals surface area (Å²) in [6.45, 7) is 4.95. The third-order valence-corrected chi connectivity index (χ3v) is 7.90. The SMILES string of the molecule is C[C@H]1CCCN(S(=O)(=O)N2CCC[C@H]2c2nnc3n2CCCCC3)C1. The average molecular weight is 368 g/mol. The molecule has 0 aromatic carbocycles. The summed E-state index contributed by atoms with van der Waals surface area (Å²) in [5, 5.41) is 8.81. The van der Waals surface area contributed by atoms with E-state index in [1.807, 2.05) is 0 Å². The third kappa shape index (κ3) is 3.24. The first-order chi connectivity index (χ1) is 12.1. The molecule has 140 valence electrons. The van der Waals surface area contributed by atoms with Crippen LogP contribution in [0.3, 0.4) is 0 Å². The van der Waals surface area contributed by atoms with Crippen LogP contribution in [0.2, 0.25) is 0 Å². The third-order valence-electron chi connectivity index (χ3n) is 5.88. The van der Waals surface area contributed by atoms with E-state index >= 15 is 0 Å². The maximum atomic E-state index is 13.3. The van der Waals surface area contributed by atoms with Crippen LogP contribution in [-0.4, -0.2) is 51.4 Å². The van der Waals surface area contributed by atoms with Crippen LogP contribution in [0.1, 0.15) is 69.6 Å². The molecular weight excluding hydrogens is 338 g/mol. The van der Waals surface area contributed by atoms with Crippen molar-refractivity contribution in [2.24, 2.45) is 5.92 Å². The highest BCUT2D eigenvalue weighted by molar-refractivity contribution is 7.86. The lowest BCUT2D eigenvalue weighted by Gasteiger charge is -2.35. The fourth-order valence-corrected chi connectivity index (χ4v) is 6.51. The van der Waals surface area contributed by atoms with Gasteiger partial charge in [0.15, 0.2) is 5.82 Å². The molecule has 3 aliphatic heterocycles. The van der Waals surface area contributed by atoms with Crippen molar-refractivity contribution in [2.75, 3.05) is 19.6 Å². The van der Waals surface area contributed by atoms with E-state index in [1.165, 1.54) is 6.42 Å². The van der Waals surface area contributed by atoms with Gasteiger partial charge in [-0.15, -0.1) is 10.2 Å².